The molecule has 4 rings (SSSR count). The van der Waals surface area contributed by atoms with Crippen molar-refractivity contribution in [3.63, 3.8) is 0 Å². The maximum atomic E-state index is 9.96. The van der Waals surface area contributed by atoms with Crippen molar-refractivity contribution < 1.29 is 9.84 Å². The molecule has 1 aliphatic rings. The van der Waals surface area contributed by atoms with Gasteiger partial charge in [-0.2, -0.15) is 0 Å². The first-order valence-electron chi connectivity index (χ1n) is 9.36. The maximum Gasteiger partial charge on any atom is 0.141 e. The first-order valence-corrected chi connectivity index (χ1v) is 9.36. The number of ether oxygens (including phenoxy) is 1. The van der Waals surface area contributed by atoms with E-state index >= 15 is 0 Å². The van der Waals surface area contributed by atoms with Crippen molar-refractivity contribution in [3.8, 4) is 11.5 Å². The van der Waals surface area contributed by atoms with E-state index in [9.17, 15) is 5.11 Å². The lowest BCUT2D eigenvalue weighted by atomic mass is 9.90. The van der Waals surface area contributed by atoms with Crippen LogP contribution in [0.1, 0.15) is 32.1 Å². The zero-order valence-electron chi connectivity index (χ0n) is 14.8. The van der Waals surface area contributed by atoms with E-state index in [1.165, 1.54) is 32.1 Å². The molecule has 1 heterocycles. The minimum Gasteiger partial charge on any atom is -0.506 e. The molecular formula is C22H24N2O2. The van der Waals surface area contributed by atoms with Gasteiger partial charge in [0.25, 0.3) is 0 Å². The SMILES string of the molecule is Oc1cccc2c(Nc3ccc(OCC4CCCCC4)cc3)ccnc12. The number of fused-ring (bicyclic) bond motifs is 1. The second-order valence-electron chi connectivity index (χ2n) is 7.00. The van der Waals surface area contributed by atoms with Crippen LogP contribution in [0.2, 0.25) is 0 Å². The zero-order valence-corrected chi connectivity index (χ0v) is 14.8. The summed E-state index contributed by atoms with van der Waals surface area (Å²) in [4.78, 5) is 4.26. The molecule has 0 amide bonds. The van der Waals surface area contributed by atoms with Crippen LogP contribution in [0.4, 0.5) is 11.4 Å². The molecule has 4 heteroatoms. The number of rotatable bonds is 5. The molecule has 0 bridgehead atoms. The lowest BCUT2D eigenvalue weighted by Gasteiger charge is -2.21. The highest BCUT2D eigenvalue weighted by Crippen LogP contribution is 2.30. The Morgan fingerprint density at radius 3 is 2.62 bits per heavy atom. The van der Waals surface area contributed by atoms with Gasteiger partial charge in [0.2, 0.25) is 0 Å². The van der Waals surface area contributed by atoms with Gasteiger partial charge in [-0.15, -0.1) is 0 Å². The molecule has 1 aliphatic carbocycles. The van der Waals surface area contributed by atoms with Crippen LogP contribution < -0.4 is 10.1 Å². The van der Waals surface area contributed by atoms with Crippen molar-refractivity contribution in [2.45, 2.75) is 32.1 Å². The molecule has 0 saturated heterocycles. The zero-order chi connectivity index (χ0) is 17.8. The lowest BCUT2D eigenvalue weighted by molar-refractivity contribution is 0.209. The Bertz CT molecular complexity index is 871. The van der Waals surface area contributed by atoms with Gasteiger partial charge in [0, 0.05) is 23.0 Å². The molecule has 0 unspecified atom stereocenters. The van der Waals surface area contributed by atoms with Crippen LogP contribution in [0.15, 0.2) is 54.7 Å². The first-order chi connectivity index (χ1) is 12.8. The van der Waals surface area contributed by atoms with Gasteiger partial charge >= 0.3 is 0 Å². The van der Waals surface area contributed by atoms with Crippen LogP contribution in [-0.2, 0) is 0 Å². The molecular weight excluding hydrogens is 324 g/mol. The van der Waals surface area contributed by atoms with Gasteiger partial charge in [0.1, 0.15) is 17.0 Å². The molecule has 2 aromatic carbocycles. The van der Waals surface area contributed by atoms with Gasteiger partial charge in [-0.3, -0.25) is 4.98 Å². The van der Waals surface area contributed by atoms with Gasteiger partial charge in [-0.1, -0.05) is 31.4 Å². The molecule has 134 valence electrons. The fourth-order valence-corrected chi connectivity index (χ4v) is 3.63. The molecule has 1 aromatic heterocycles. The Balaban J connectivity index is 1.44. The molecule has 0 atom stereocenters. The third kappa shape index (κ3) is 3.74. The highest BCUT2D eigenvalue weighted by molar-refractivity contribution is 5.95. The molecule has 0 spiro atoms. The Labute approximate surface area is 153 Å². The summed E-state index contributed by atoms with van der Waals surface area (Å²) >= 11 is 0. The second kappa shape index (κ2) is 7.65. The van der Waals surface area contributed by atoms with Crippen LogP contribution in [0.25, 0.3) is 10.9 Å². The Kier molecular flexibility index (Phi) is 4.91. The standard InChI is InChI=1S/C22H24N2O2/c25-21-8-4-7-19-20(13-14-23-22(19)21)24-17-9-11-18(12-10-17)26-15-16-5-2-1-3-6-16/h4,7-14,16,25H,1-3,5-6,15H2,(H,23,24). The predicted molar refractivity (Wildman–Crippen MR) is 105 cm³/mol. The number of para-hydroxylation sites is 1. The maximum absolute atomic E-state index is 9.96. The van der Waals surface area contributed by atoms with E-state index in [1.54, 1.807) is 12.3 Å². The molecule has 0 radical (unpaired) electrons. The van der Waals surface area contributed by atoms with Crippen molar-refractivity contribution in [2.24, 2.45) is 5.92 Å². The number of phenolic OH excluding ortho intramolecular Hbond substituents is 1. The largest absolute Gasteiger partial charge is 0.506 e. The summed E-state index contributed by atoms with van der Waals surface area (Å²) in [7, 11) is 0. The highest BCUT2D eigenvalue weighted by Gasteiger charge is 2.14. The number of pyridine rings is 1. The van der Waals surface area contributed by atoms with Gasteiger partial charge in [0.05, 0.1) is 6.61 Å². The minimum absolute atomic E-state index is 0.192. The molecule has 4 nitrogen and oxygen atoms in total. The van der Waals surface area contributed by atoms with Crippen molar-refractivity contribution in [1.82, 2.24) is 4.98 Å². The number of hydrogen-bond donors (Lipinski definition) is 2. The molecule has 2 N–H and O–H groups in total. The summed E-state index contributed by atoms with van der Waals surface area (Å²) in [6, 6.07) is 15.4. The number of nitrogens with one attached hydrogen (secondary N) is 1. The summed E-state index contributed by atoms with van der Waals surface area (Å²) < 4.78 is 5.97. The average Bonchev–Trinajstić information content (AvgIpc) is 2.69. The summed E-state index contributed by atoms with van der Waals surface area (Å²) in [6.07, 6.45) is 8.34. The van der Waals surface area contributed by atoms with E-state index in [2.05, 4.69) is 10.3 Å². The fourth-order valence-electron chi connectivity index (χ4n) is 3.63. The third-order valence-corrected chi connectivity index (χ3v) is 5.09. The molecule has 26 heavy (non-hydrogen) atoms. The van der Waals surface area contributed by atoms with Gasteiger partial charge in [-0.05, 0) is 55.2 Å². The van der Waals surface area contributed by atoms with Gasteiger partial charge < -0.3 is 15.2 Å². The van der Waals surface area contributed by atoms with Gasteiger partial charge in [0.15, 0.2) is 0 Å². The number of benzene rings is 2. The van der Waals surface area contributed by atoms with Crippen molar-refractivity contribution >= 4 is 22.3 Å². The summed E-state index contributed by atoms with van der Waals surface area (Å²) in [6.45, 7) is 0.820. The van der Waals surface area contributed by atoms with Crippen molar-refractivity contribution in [1.29, 1.82) is 0 Å². The van der Waals surface area contributed by atoms with Crippen LogP contribution in [0.5, 0.6) is 11.5 Å². The number of hydrogen-bond acceptors (Lipinski definition) is 4. The molecule has 3 aromatic rings. The van der Waals surface area contributed by atoms with Crippen LogP contribution in [0.3, 0.4) is 0 Å². The number of anilines is 2. The van der Waals surface area contributed by atoms with Crippen LogP contribution in [0, 0.1) is 5.92 Å². The lowest BCUT2D eigenvalue weighted by Crippen LogP contribution is -2.15. The van der Waals surface area contributed by atoms with E-state index in [0.717, 1.165) is 29.1 Å². The topological polar surface area (TPSA) is 54.4 Å². The predicted octanol–water partition coefficient (Wildman–Crippen LogP) is 5.64. The van der Waals surface area contributed by atoms with Crippen molar-refractivity contribution in [2.75, 3.05) is 11.9 Å². The highest BCUT2D eigenvalue weighted by atomic mass is 16.5. The average molecular weight is 348 g/mol. The van der Waals surface area contributed by atoms with Crippen LogP contribution in [-0.4, -0.2) is 16.7 Å². The summed E-state index contributed by atoms with van der Waals surface area (Å²) in [5.41, 5.74) is 2.50. The number of aromatic hydroxyl groups is 1. The normalized spacial score (nSPS) is 15.1. The monoisotopic (exact) mass is 348 g/mol. The number of aromatic nitrogens is 1. The van der Waals surface area contributed by atoms with Crippen LogP contribution >= 0.6 is 0 Å². The van der Waals surface area contributed by atoms with Gasteiger partial charge in [-0.25, -0.2) is 0 Å². The summed E-state index contributed by atoms with van der Waals surface area (Å²) in [5.74, 6) is 1.81. The van der Waals surface area contributed by atoms with E-state index in [0.29, 0.717) is 11.4 Å². The molecule has 1 saturated carbocycles. The number of phenols is 1. The summed E-state index contributed by atoms with van der Waals surface area (Å²) in [5, 5.41) is 14.3. The number of nitrogens with zero attached hydrogens (tertiary/aromatic N) is 1. The fraction of sp³-hybridized carbons (Fsp3) is 0.318. The third-order valence-electron chi connectivity index (χ3n) is 5.09. The van der Waals surface area contributed by atoms with E-state index < -0.39 is 0 Å². The van der Waals surface area contributed by atoms with E-state index in [4.69, 9.17) is 4.74 Å². The minimum atomic E-state index is 0.192. The molecule has 0 aliphatic heterocycles. The Morgan fingerprint density at radius 1 is 1.00 bits per heavy atom. The van der Waals surface area contributed by atoms with E-state index in [-0.39, 0.29) is 5.75 Å². The quantitative estimate of drug-likeness (QED) is 0.626. The van der Waals surface area contributed by atoms with E-state index in [1.807, 2.05) is 42.5 Å². The Hall–Kier alpha value is -2.75. The smallest absolute Gasteiger partial charge is 0.141 e. The van der Waals surface area contributed by atoms with Crippen molar-refractivity contribution in [3.05, 3.63) is 54.7 Å². The molecule has 1 fully saturated rings. The Morgan fingerprint density at radius 2 is 1.81 bits per heavy atom. The second-order valence-corrected chi connectivity index (χ2v) is 7.00. The first kappa shape index (κ1) is 16.7.